The second-order valence-electron chi connectivity index (χ2n) is 10.2. The summed E-state index contributed by atoms with van der Waals surface area (Å²) < 4.78 is 2.29. The summed E-state index contributed by atoms with van der Waals surface area (Å²) in [7, 11) is 0. The second-order valence-corrected chi connectivity index (χ2v) is 10.2. The number of para-hydroxylation sites is 3. The predicted octanol–water partition coefficient (Wildman–Crippen LogP) is 9.75. The van der Waals surface area contributed by atoms with Gasteiger partial charge in [0.25, 0.3) is 0 Å². The maximum absolute atomic E-state index is 4.83. The Morgan fingerprint density at radius 1 is 0.750 bits per heavy atom. The molecular weight excluding hydrogens is 440 g/mol. The van der Waals surface area contributed by atoms with E-state index in [2.05, 4.69) is 65.0 Å². The summed E-state index contributed by atoms with van der Waals surface area (Å²) in [6.45, 7) is 3.26. The summed E-state index contributed by atoms with van der Waals surface area (Å²) >= 11 is 0. The molecule has 2 aromatic heterocycles. The average Bonchev–Trinajstić information content (AvgIpc) is 3.48. The molecule has 4 aromatic rings. The lowest BCUT2D eigenvalue weighted by Crippen LogP contribution is -1.98. The molecule has 0 spiro atoms. The summed E-state index contributed by atoms with van der Waals surface area (Å²) in [5.74, 6) is 0.802. The van der Waals surface area contributed by atoms with Gasteiger partial charge >= 0.3 is 0 Å². The number of aryl methyl sites for hydroxylation is 1. The van der Waals surface area contributed by atoms with E-state index < -0.39 is 0 Å². The van der Waals surface area contributed by atoms with Gasteiger partial charge in [0.15, 0.2) is 0 Å². The van der Waals surface area contributed by atoms with Crippen molar-refractivity contribution in [2.24, 2.45) is 4.99 Å². The number of H-pyrrole nitrogens is 1. The molecule has 1 N–H and O–H groups in total. The Morgan fingerprint density at radius 3 is 2.08 bits per heavy atom. The van der Waals surface area contributed by atoms with E-state index in [0.717, 1.165) is 29.1 Å². The first-order chi connectivity index (χ1) is 17.9. The van der Waals surface area contributed by atoms with Crippen LogP contribution in [0.1, 0.15) is 102 Å². The van der Waals surface area contributed by atoms with Crippen molar-refractivity contribution in [2.75, 3.05) is 0 Å². The summed E-state index contributed by atoms with van der Waals surface area (Å²) in [5, 5.41) is 1.19. The van der Waals surface area contributed by atoms with E-state index in [9.17, 15) is 0 Å². The summed E-state index contributed by atoms with van der Waals surface area (Å²) in [6, 6.07) is 16.7. The van der Waals surface area contributed by atoms with Crippen molar-refractivity contribution in [3.63, 3.8) is 0 Å². The number of nitrogens with one attached hydrogen (secondary N) is 1. The van der Waals surface area contributed by atoms with Crippen molar-refractivity contribution in [2.45, 2.75) is 103 Å². The maximum Gasteiger partial charge on any atom is 0.230 e. The monoisotopic (exact) mass is 484 g/mol. The molecule has 192 valence electrons. The summed E-state index contributed by atoms with van der Waals surface area (Å²) in [4.78, 5) is 13.0. The van der Waals surface area contributed by atoms with Crippen molar-refractivity contribution in [3.8, 4) is 0 Å². The molecule has 0 amide bonds. The van der Waals surface area contributed by atoms with Crippen LogP contribution in [0, 0.1) is 0 Å². The highest BCUT2D eigenvalue weighted by molar-refractivity contribution is 5.99. The van der Waals surface area contributed by atoms with Crippen LogP contribution in [0.2, 0.25) is 0 Å². The molecule has 0 aliphatic heterocycles. The molecule has 0 fully saturated rings. The molecular formula is C32H44N4. The van der Waals surface area contributed by atoms with E-state index in [1.165, 1.54) is 101 Å². The van der Waals surface area contributed by atoms with Gasteiger partial charge in [-0.05, 0) is 24.6 Å². The Labute approximate surface area is 217 Å². The molecule has 4 rings (SSSR count). The molecule has 36 heavy (non-hydrogen) atoms. The van der Waals surface area contributed by atoms with Crippen LogP contribution in [0.3, 0.4) is 0 Å². The van der Waals surface area contributed by atoms with Crippen LogP contribution in [0.15, 0.2) is 59.7 Å². The molecule has 2 aromatic carbocycles. The smallest absolute Gasteiger partial charge is 0.230 e. The summed E-state index contributed by atoms with van der Waals surface area (Å²) in [6.07, 6.45) is 23.3. The number of nitrogens with zero attached hydrogens (tertiary/aromatic N) is 3. The molecule has 0 aliphatic carbocycles. The van der Waals surface area contributed by atoms with Gasteiger partial charge < -0.3 is 9.55 Å². The zero-order chi connectivity index (χ0) is 24.8. The average molecular weight is 485 g/mol. The molecule has 0 bridgehead atoms. The SMILES string of the molecule is CCCCCCCCCCCCCCCCn1c(/N=C/c2c[nH]c3ccccc23)nc2ccccc21. The van der Waals surface area contributed by atoms with Gasteiger partial charge in [0.2, 0.25) is 5.95 Å². The van der Waals surface area contributed by atoms with Crippen LogP contribution in [0.5, 0.6) is 0 Å². The number of unbranched alkanes of at least 4 members (excludes halogenated alkanes) is 13. The molecule has 0 aliphatic rings. The lowest BCUT2D eigenvalue weighted by atomic mass is 10.0. The zero-order valence-corrected chi connectivity index (χ0v) is 22.2. The normalized spacial score (nSPS) is 11.9. The number of hydrogen-bond acceptors (Lipinski definition) is 2. The third kappa shape index (κ3) is 7.56. The van der Waals surface area contributed by atoms with E-state index in [0.29, 0.717) is 0 Å². The molecule has 2 heterocycles. The largest absolute Gasteiger partial charge is 0.361 e. The van der Waals surface area contributed by atoms with Gasteiger partial charge in [0.1, 0.15) is 0 Å². The van der Waals surface area contributed by atoms with Crippen molar-refractivity contribution in [3.05, 3.63) is 60.3 Å². The minimum atomic E-state index is 0.802. The fourth-order valence-corrected chi connectivity index (χ4v) is 5.17. The predicted molar refractivity (Wildman–Crippen MR) is 156 cm³/mol. The number of imidazole rings is 1. The molecule has 0 saturated carbocycles. The van der Waals surface area contributed by atoms with Crippen LogP contribution >= 0.6 is 0 Å². The van der Waals surface area contributed by atoms with E-state index in [-0.39, 0.29) is 0 Å². The molecule has 4 heteroatoms. The van der Waals surface area contributed by atoms with Gasteiger partial charge in [-0.15, -0.1) is 0 Å². The van der Waals surface area contributed by atoms with Crippen LogP contribution < -0.4 is 0 Å². The van der Waals surface area contributed by atoms with E-state index in [1.54, 1.807) is 0 Å². The third-order valence-corrected chi connectivity index (χ3v) is 7.31. The Morgan fingerprint density at radius 2 is 1.36 bits per heavy atom. The van der Waals surface area contributed by atoms with Gasteiger partial charge in [0, 0.05) is 35.4 Å². The lowest BCUT2D eigenvalue weighted by molar-refractivity contribution is 0.526. The molecule has 0 unspecified atom stereocenters. The Balaban J connectivity index is 1.20. The van der Waals surface area contributed by atoms with Gasteiger partial charge in [-0.2, -0.15) is 0 Å². The van der Waals surface area contributed by atoms with Gasteiger partial charge in [-0.1, -0.05) is 121 Å². The number of hydrogen-bond donors (Lipinski definition) is 1. The van der Waals surface area contributed by atoms with Crippen LogP contribution in [-0.2, 0) is 6.54 Å². The van der Waals surface area contributed by atoms with Crippen LogP contribution in [0.25, 0.3) is 21.9 Å². The van der Waals surface area contributed by atoms with Crippen molar-refractivity contribution >= 4 is 34.1 Å². The maximum atomic E-state index is 4.83. The number of rotatable bonds is 17. The van der Waals surface area contributed by atoms with Gasteiger partial charge in [0.05, 0.1) is 11.0 Å². The number of benzene rings is 2. The van der Waals surface area contributed by atoms with E-state index >= 15 is 0 Å². The number of aliphatic imine (C=N–C) groups is 1. The minimum absolute atomic E-state index is 0.802. The van der Waals surface area contributed by atoms with Gasteiger partial charge in [-0.25, -0.2) is 9.98 Å². The second kappa shape index (κ2) is 14.6. The van der Waals surface area contributed by atoms with E-state index in [1.807, 2.05) is 12.4 Å². The lowest BCUT2D eigenvalue weighted by Gasteiger charge is -2.07. The summed E-state index contributed by atoms with van der Waals surface area (Å²) in [5.41, 5.74) is 4.43. The fourth-order valence-electron chi connectivity index (χ4n) is 5.17. The van der Waals surface area contributed by atoms with Crippen molar-refractivity contribution in [1.82, 2.24) is 14.5 Å². The molecule has 0 atom stereocenters. The third-order valence-electron chi connectivity index (χ3n) is 7.31. The first-order valence-electron chi connectivity index (χ1n) is 14.4. The van der Waals surface area contributed by atoms with E-state index in [4.69, 9.17) is 9.98 Å². The van der Waals surface area contributed by atoms with Crippen molar-refractivity contribution < 1.29 is 0 Å². The minimum Gasteiger partial charge on any atom is -0.361 e. The molecule has 0 radical (unpaired) electrons. The van der Waals surface area contributed by atoms with Crippen LogP contribution in [-0.4, -0.2) is 20.7 Å². The standard InChI is InChI=1S/C32H44N4/c1-2-3-4-5-6-7-8-9-10-11-12-13-14-19-24-36-31-23-18-17-22-30(31)35-32(36)34-26-27-25-33-29-21-16-15-20-28(27)29/h15-18,20-23,25-26,33H,2-14,19,24H2,1H3/b34-26+. The fraction of sp³-hybridized carbons (Fsp3) is 0.500. The first-order valence-corrected chi connectivity index (χ1v) is 14.4. The Hall–Kier alpha value is -2.88. The topological polar surface area (TPSA) is 46.0 Å². The van der Waals surface area contributed by atoms with Crippen molar-refractivity contribution in [1.29, 1.82) is 0 Å². The highest BCUT2D eigenvalue weighted by Crippen LogP contribution is 2.24. The highest BCUT2D eigenvalue weighted by atomic mass is 15.2. The number of aromatic nitrogens is 3. The number of aromatic amines is 1. The zero-order valence-electron chi connectivity index (χ0n) is 22.2. The number of fused-ring (bicyclic) bond motifs is 2. The first kappa shape index (κ1) is 26.2. The van der Waals surface area contributed by atoms with Crippen LogP contribution in [0.4, 0.5) is 5.95 Å². The Kier molecular flexibility index (Phi) is 10.6. The highest BCUT2D eigenvalue weighted by Gasteiger charge is 2.09. The Bertz CT molecular complexity index is 1200. The van der Waals surface area contributed by atoms with Gasteiger partial charge in [-0.3, -0.25) is 0 Å². The molecule has 0 saturated heterocycles. The quantitative estimate of drug-likeness (QED) is 0.118. The molecule has 4 nitrogen and oxygen atoms in total.